The van der Waals surface area contributed by atoms with E-state index in [0.29, 0.717) is 12.1 Å². The van der Waals surface area contributed by atoms with Crippen LogP contribution in [0.2, 0.25) is 0 Å². The van der Waals surface area contributed by atoms with Crippen molar-refractivity contribution < 1.29 is 9.18 Å². The van der Waals surface area contributed by atoms with E-state index in [1.807, 2.05) is 30.1 Å². The van der Waals surface area contributed by atoms with E-state index in [9.17, 15) is 9.18 Å². The number of Topliss-reactive ketones (excluding diaryl/α,β-unsaturated/α-hetero) is 1. The number of rotatable bonds is 5. The van der Waals surface area contributed by atoms with Gasteiger partial charge in [0.1, 0.15) is 5.82 Å². The van der Waals surface area contributed by atoms with E-state index in [4.69, 9.17) is 0 Å². The molecule has 0 atom stereocenters. The lowest BCUT2D eigenvalue weighted by atomic mass is 10.1. The van der Waals surface area contributed by atoms with Crippen molar-refractivity contribution in [1.82, 2.24) is 9.88 Å². The summed E-state index contributed by atoms with van der Waals surface area (Å²) in [6.45, 7) is 0.885. The summed E-state index contributed by atoms with van der Waals surface area (Å²) in [5.74, 6) is -0.364. The van der Waals surface area contributed by atoms with E-state index in [2.05, 4.69) is 4.98 Å². The molecule has 0 fully saturated rings. The Morgan fingerprint density at radius 2 is 1.95 bits per heavy atom. The van der Waals surface area contributed by atoms with Gasteiger partial charge in [-0.2, -0.15) is 0 Å². The number of carbonyl (C=O) groups excluding carboxylic acids is 1. The zero-order valence-electron chi connectivity index (χ0n) is 10.7. The van der Waals surface area contributed by atoms with Gasteiger partial charge in [-0.3, -0.25) is 14.7 Å². The van der Waals surface area contributed by atoms with Crippen molar-refractivity contribution in [3.8, 4) is 0 Å². The number of ketones is 1. The molecule has 0 saturated heterocycles. The second kappa shape index (κ2) is 6.20. The quantitative estimate of drug-likeness (QED) is 0.773. The Labute approximate surface area is 111 Å². The Hall–Kier alpha value is -2.07. The number of aromatic nitrogens is 1. The first-order valence-corrected chi connectivity index (χ1v) is 6.02. The summed E-state index contributed by atoms with van der Waals surface area (Å²) in [6, 6.07) is 11.3. The number of carbonyl (C=O) groups is 1. The lowest BCUT2D eigenvalue weighted by Crippen LogP contribution is -2.26. The molecule has 0 saturated carbocycles. The maximum absolute atomic E-state index is 12.8. The third kappa shape index (κ3) is 3.96. The van der Waals surface area contributed by atoms with E-state index in [0.717, 1.165) is 5.69 Å². The number of benzene rings is 1. The number of pyridine rings is 1. The van der Waals surface area contributed by atoms with Crippen molar-refractivity contribution in [3.05, 3.63) is 65.7 Å². The third-order valence-electron chi connectivity index (χ3n) is 2.74. The first-order chi connectivity index (χ1) is 9.15. The highest BCUT2D eigenvalue weighted by Gasteiger charge is 2.10. The number of hydrogen-bond acceptors (Lipinski definition) is 3. The molecular weight excluding hydrogens is 243 g/mol. The van der Waals surface area contributed by atoms with E-state index in [1.54, 1.807) is 6.20 Å². The predicted octanol–water partition coefficient (Wildman–Crippen LogP) is 2.54. The van der Waals surface area contributed by atoms with E-state index in [-0.39, 0.29) is 18.1 Å². The van der Waals surface area contributed by atoms with Gasteiger partial charge in [-0.15, -0.1) is 0 Å². The Balaban J connectivity index is 1.93. The maximum atomic E-state index is 12.8. The summed E-state index contributed by atoms with van der Waals surface area (Å²) >= 11 is 0. The Kier molecular flexibility index (Phi) is 4.36. The smallest absolute Gasteiger partial charge is 0.176 e. The van der Waals surface area contributed by atoms with Gasteiger partial charge < -0.3 is 0 Å². The minimum atomic E-state index is -0.335. The number of halogens is 1. The summed E-state index contributed by atoms with van der Waals surface area (Å²) in [5, 5.41) is 0. The molecule has 1 heterocycles. The largest absolute Gasteiger partial charge is 0.293 e. The van der Waals surface area contributed by atoms with Gasteiger partial charge in [0.05, 0.1) is 12.2 Å². The van der Waals surface area contributed by atoms with Gasteiger partial charge in [0.25, 0.3) is 0 Å². The second-order valence-electron chi connectivity index (χ2n) is 4.42. The molecule has 4 heteroatoms. The topological polar surface area (TPSA) is 33.2 Å². The highest BCUT2D eigenvalue weighted by molar-refractivity contribution is 5.97. The first kappa shape index (κ1) is 13.4. The van der Waals surface area contributed by atoms with E-state index >= 15 is 0 Å². The summed E-state index contributed by atoms with van der Waals surface area (Å²) in [6.07, 6.45) is 1.73. The molecule has 1 aromatic heterocycles. The highest BCUT2D eigenvalue weighted by Crippen LogP contribution is 2.06. The molecule has 2 rings (SSSR count). The Bertz CT molecular complexity index is 540. The molecule has 0 aliphatic rings. The van der Waals surface area contributed by atoms with Crippen molar-refractivity contribution in [1.29, 1.82) is 0 Å². The molecule has 0 radical (unpaired) electrons. The third-order valence-corrected chi connectivity index (χ3v) is 2.74. The van der Waals surface area contributed by atoms with Crippen LogP contribution >= 0.6 is 0 Å². The Morgan fingerprint density at radius 3 is 2.58 bits per heavy atom. The lowest BCUT2D eigenvalue weighted by molar-refractivity contribution is 0.0942. The SMILES string of the molecule is CN(CC(=O)c1ccc(F)cc1)Cc1ccccn1. The molecule has 2 aromatic rings. The molecule has 0 aliphatic carbocycles. The predicted molar refractivity (Wildman–Crippen MR) is 71.3 cm³/mol. The summed E-state index contributed by atoms with van der Waals surface area (Å²) in [7, 11) is 1.86. The molecule has 98 valence electrons. The van der Waals surface area contributed by atoms with Crippen LogP contribution in [0.4, 0.5) is 4.39 Å². The second-order valence-corrected chi connectivity index (χ2v) is 4.42. The minimum absolute atomic E-state index is 0.0292. The van der Waals surface area contributed by atoms with Crippen LogP contribution in [0.5, 0.6) is 0 Å². The normalized spacial score (nSPS) is 10.7. The fourth-order valence-corrected chi connectivity index (χ4v) is 1.80. The van der Waals surface area contributed by atoms with Gasteiger partial charge in [-0.05, 0) is 43.4 Å². The average Bonchev–Trinajstić information content (AvgIpc) is 2.40. The van der Waals surface area contributed by atoms with Crippen LogP contribution in [0, 0.1) is 5.82 Å². The molecule has 0 aliphatic heterocycles. The van der Waals surface area contributed by atoms with Crippen molar-refractivity contribution in [2.75, 3.05) is 13.6 Å². The van der Waals surface area contributed by atoms with Crippen molar-refractivity contribution in [2.24, 2.45) is 0 Å². The summed E-state index contributed by atoms with van der Waals surface area (Å²) < 4.78 is 12.8. The standard InChI is InChI=1S/C15H15FN2O/c1-18(10-14-4-2-3-9-17-14)11-15(19)12-5-7-13(16)8-6-12/h2-9H,10-11H2,1H3. The lowest BCUT2D eigenvalue weighted by Gasteiger charge is -2.15. The zero-order chi connectivity index (χ0) is 13.7. The summed E-state index contributed by atoms with van der Waals surface area (Å²) in [5.41, 5.74) is 1.44. The van der Waals surface area contributed by atoms with E-state index < -0.39 is 0 Å². The molecule has 0 N–H and O–H groups in total. The zero-order valence-corrected chi connectivity index (χ0v) is 10.7. The number of nitrogens with zero attached hydrogens (tertiary/aromatic N) is 2. The van der Waals surface area contributed by atoms with Crippen LogP contribution in [-0.4, -0.2) is 29.3 Å². The van der Waals surface area contributed by atoms with Crippen LogP contribution in [0.15, 0.2) is 48.7 Å². The van der Waals surface area contributed by atoms with Gasteiger partial charge >= 0.3 is 0 Å². The highest BCUT2D eigenvalue weighted by atomic mass is 19.1. The number of likely N-dealkylation sites (N-methyl/N-ethyl adjacent to an activating group) is 1. The van der Waals surface area contributed by atoms with E-state index in [1.165, 1.54) is 24.3 Å². The van der Waals surface area contributed by atoms with Crippen LogP contribution in [-0.2, 0) is 6.54 Å². The van der Waals surface area contributed by atoms with Gasteiger partial charge in [0, 0.05) is 18.3 Å². The Morgan fingerprint density at radius 1 is 1.21 bits per heavy atom. The average molecular weight is 258 g/mol. The van der Waals surface area contributed by atoms with Crippen LogP contribution in [0.25, 0.3) is 0 Å². The minimum Gasteiger partial charge on any atom is -0.293 e. The fourth-order valence-electron chi connectivity index (χ4n) is 1.80. The van der Waals surface area contributed by atoms with Crippen molar-refractivity contribution in [3.63, 3.8) is 0 Å². The molecule has 0 unspecified atom stereocenters. The van der Waals surface area contributed by atoms with Gasteiger partial charge in [-0.1, -0.05) is 6.07 Å². The first-order valence-electron chi connectivity index (χ1n) is 6.02. The fraction of sp³-hybridized carbons (Fsp3) is 0.200. The molecule has 0 amide bonds. The van der Waals surface area contributed by atoms with Gasteiger partial charge in [0.15, 0.2) is 5.78 Å². The van der Waals surface area contributed by atoms with Gasteiger partial charge in [0.2, 0.25) is 0 Å². The van der Waals surface area contributed by atoms with Gasteiger partial charge in [-0.25, -0.2) is 4.39 Å². The van der Waals surface area contributed by atoms with Crippen LogP contribution < -0.4 is 0 Å². The molecule has 0 spiro atoms. The molecule has 19 heavy (non-hydrogen) atoms. The van der Waals surface area contributed by atoms with Crippen LogP contribution in [0.1, 0.15) is 16.1 Å². The van der Waals surface area contributed by atoms with Crippen LogP contribution in [0.3, 0.4) is 0 Å². The number of hydrogen-bond donors (Lipinski definition) is 0. The van der Waals surface area contributed by atoms with Crippen molar-refractivity contribution >= 4 is 5.78 Å². The molecule has 0 bridgehead atoms. The maximum Gasteiger partial charge on any atom is 0.176 e. The molecular formula is C15H15FN2O. The summed E-state index contributed by atoms with van der Waals surface area (Å²) in [4.78, 5) is 18.1. The van der Waals surface area contributed by atoms with Crippen molar-refractivity contribution in [2.45, 2.75) is 6.54 Å². The molecule has 3 nitrogen and oxygen atoms in total. The molecule has 1 aromatic carbocycles. The monoisotopic (exact) mass is 258 g/mol.